The Morgan fingerprint density at radius 1 is 1.19 bits per heavy atom. The minimum absolute atomic E-state index is 0.0109. The number of hydrogen-bond acceptors (Lipinski definition) is 3. The molecular formula is C25H37NO4S. The van der Waals surface area contributed by atoms with E-state index >= 15 is 0 Å². The number of hydrogen-bond donors (Lipinski definition) is 1. The van der Waals surface area contributed by atoms with Gasteiger partial charge in [-0.25, -0.2) is 8.42 Å². The molecule has 4 atom stereocenters. The van der Waals surface area contributed by atoms with Gasteiger partial charge in [-0.1, -0.05) is 50.6 Å². The fraction of sp³-hybridized carbons (Fsp3) is 0.640. The molecule has 0 heterocycles. The lowest BCUT2D eigenvalue weighted by molar-refractivity contribution is -0.137. The van der Waals surface area contributed by atoms with Gasteiger partial charge in [-0.3, -0.25) is 4.79 Å². The Balaban J connectivity index is 1.80. The SMILES string of the molecule is CCN([C@H]1C[C@H]2C[C@@H]([C@@H]1C/C=C\CCCC(=O)O)C2(C)C)S(=O)(=O)c1ccc(C)cc1. The van der Waals surface area contributed by atoms with E-state index in [1.807, 2.05) is 26.0 Å². The van der Waals surface area contributed by atoms with Crippen LogP contribution in [0.1, 0.15) is 64.9 Å². The number of sulfonamides is 1. The van der Waals surface area contributed by atoms with Gasteiger partial charge in [0.1, 0.15) is 0 Å². The van der Waals surface area contributed by atoms with Crippen LogP contribution in [-0.4, -0.2) is 36.4 Å². The molecule has 6 heteroatoms. The standard InChI is InChI=1S/C25H37NO4S/c1-5-26(31(29,30)20-14-12-18(2)13-15-20)23-17-19-16-22(25(19,3)4)21(23)10-8-6-7-9-11-24(27)28/h6,8,12-15,19,21-23H,5,7,9-11,16-17H2,1-4H3,(H,27,28)/b8-6-/t19-,21+,22+,23+/m1/s1. The van der Waals surface area contributed by atoms with E-state index in [0.717, 1.165) is 24.8 Å². The number of rotatable bonds is 10. The van der Waals surface area contributed by atoms with Crippen LogP contribution in [0.25, 0.3) is 0 Å². The van der Waals surface area contributed by atoms with E-state index in [4.69, 9.17) is 5.11 Å². The van der Waals surface area contributed by atoms with Gasteiger partial charge < -0.3 is 5.11 Å². The average Bonchev–Trinajstić information content (AvgIpc) is 2.71. The molecule has 3 saturated carbocycles. The molecule has 5 nitrogen and oxygen atoms in total. The second-order valence-electron chi connectivity index (χ2n) is 9.84. The molecule has 1 N–H and O–H groups in total. The van der Waals surface area contributed by atoms with Crippen LogP contribution < -0.4 is 0 Å². The van der Waals surface area contributed by atoms with Gasteiger partial charge in [0.2, 0.25) is 10.0 Å². The molecule has 1 aromatic carbocycles. The van der Waals surface area contributed by atoms with Crippen LogP contribution in [-0.2, 0) is 14.8 Å². The zero-order valence-corrected chi connectivity index (χ0v) is 20.1. The largest absolute Gasteiger partial charge is 0.481 e. The maximum absolute atomic E-state index is 13.5. The van der Waals surface area contributed by atoms with Crippen molar-refractivity contribution in [3.8, 4) is 0 Å². The number of benzene rings is 1. The summed E-state index contributed by atoms with van der Waals surface area (Å²) in [5.41, 5.74) is 1.30. The number of unbranched alkanes of at least 4 members (excludes halogenated alkanes) is 1. The summed E-state index contributed by atoms with van der Waals surface area (Å²) < 4.78 is 28.8. The molecule has 3 aliphatic rings. The molecule has 0 spiro atoms. The second kappa shape index (κ2) is 9.45. The molecule has 0 unspecified atom stereocenters. The zero-order chi connectivity index (χ0) is 22.8. The van der Waals surface area contributed by atoms with Crippen LogP contribution in [0.2, 0.25) is 0 Å². The molecular weight excluding hydrogens is 410 g/mol. The molecule has 0 aliphatic heterocycles. The van der Waals surface area contributed by atoms with E-state index in [2.05, 4.69) is 26.0 Å². The first kappa shape index (κ1) is 24.0. The summed E-state index contributed by atoms with van der Waals surface area (Å²) in [6, 6.07) is 7.17. The molecule has 0 amide bonds. The lowest BCUT2D eigenvalue weighted by atomic mass is 9.44. The van der Waals surface area contributed by atoms with Crippen LogP contribution in [0.4, 0.5) is 0 Å². The Bertz CT molecular complexity index is 904. The van der Waals surface area contributed by atoms with Crippen LogP contribution in [0, 0.1) is 30.1 Å². The molecule has 0 radical (unpaired) electrons. The third-order valence-corrected chi connectivity index (χ3v) is 9.74. The summed E-state index contributed by atoms with van der Waals surface area (Å²) in [4.78, 5) is 11.1. The summed E-state index contributed by atoms with van der Waals surface area (Å²) in [6.07, 6.45) is 8.75. The smallest absolute Gasteiger partial charge is 0.303 e. The molecule has 0 aromatic heterocycles. The molecule has 0 saturated heterocycles. The van der Waals surface area contributed by atoms with Gasteiger partial charge in [-0.2, -0.15) is 4.31 Å². The van der Waals surface area contributed by atoms with Crippen LogP contribution in [0.5, 0.6) is 0 Å². The Kier molecular flexibility index (Phi) is 7.32. The normalized spacial score (nSPS) is 27.4. The molecule has 172 valence electrons. The third kappa shape index (κ3) is 4.90. The number of carbonyl (C=O) groups is 1. The quantitative estimate of drug-likeness (QED) is 0.392. The summed E-state index contributed by atoms with van der Waals surface area (Å²) in [5.74, 6) is 0.613. The van der Waals surface area contributed by atoms with Crippen molar-refractivity contribution in [1.29, 1.82) is 0 Å². The van der Waals surface area contributed by atoms with Crippen molar-refractivity contribution >= 4 is 16.0 Å². The highest BCUT2D eigenvalue weighted by molar-refractivity contribution is 7.89. The Morgan fingerprint density at radius 2 is 1.87 bits per heavy atom. The van der Waals surface area contributed by atoms with Crippen LogP contribution >= 0.6 is 0 Å². The highest BCUT2D eigenvalue weighted by Gasteiger charge is 2.59. The van der Waals surface area contributed by atoms with Gasteiger partial charge in [0.25, 0.3) is 0 Å². The average molecular weight is 448 g/mol. The predicted octanol–water partition coefficient (Wildman–Crippen LogP) is 5.26. The van der Waals surface area contributed by atoms with E-state index in [9.17, 15) is 13.2 Å². The lowest BCUT2D eigenvalue weighted by Crippen LogP contribution is -2.62. The fourth-order valence-corrected chi connectivity index (χ4v) is 7.43. The van der Waals surface area contributed by atoms with Gasteiger partial charge >= 0.3 is 5.97 Å². The first-order chi connectivity index (χ1) is 14.6. The molecule has 31 heavy (non-hydrogen) atoms. The zero-order valence-electron chi connectivity index (χ0n) is 19.3. The van der Waals surface area contributed by atoms with Crippen molar-refractivity contribution < 1.29 is 18.3 Å². The van der Waals surface area contributed by atoms with Crippen molar-refractivity contribution in [2.75, 3.05) is 6.54 Å². The van der Waals surface area contributed by atoms with E-state index in [1.165, 1.54) is 6.42 Å². The number of carboxylic acid groups (broad SMARTS) is 1. The minimum Gasteiger partial charge on any atom is -0.481 e. The van der Waals surface area contributed by atoms with Gasteiger partial charge in [-0.05, 0) is 74.3 Å². The minimum atomic E-state index is -3.55. The third-order valence-electron chi connectivity index (χ3n) is 7.73. The summed E-state index contributed by atoms with van der Waals surface area (Å²) in [6.45, 7) is 9.03. The molecule has 1 aromatic rings. The van der Waals surface area contributed by atoms with Gasteiger partial charge in [0.15, 0.2) is 0 Å². The van der Waals surface area contributed by atoms with Crippen molar-refractivity contribution in [3.63, 3.8) is 0 Å². The van der Waals surface area contributed by atoms with E-state index in [-0.39, 0.29) is 23.8 Å². The second-order valence-corrected chi connectivity index (χ2v) is 11.7. The summed E-state index contributed by atoms with van der Waals surface area (Å²) in [7, 11) is -3.55. The topological polar surface area (TPSA) is 74.7 Å². The Morgan fingerprint density at radius 3 is 2.45 bits per heavy atom. The van der Waals surface area contributed by atoms with E-state index in [1.54, 1.807) is 16.4 Å². The monoisotopic (exact) mass is 447 g/mol. The highest BCUT2D eigenvalue weighted by atomic mass is 32.2. The first-order valence-electron chi connectivity index (χ1n) is 11.5. The Labute approximate surface area is 187 Å². The summed E-state index contributed by atoms with van der Waals surface area (Å²) in [5, 5.41) is 8.79. The molecule has 4 rings (SSSR count). The number of carboxylic acids is 1. The fourth-order valence-electron chi connectivity index (χ4n) is 5.74. The van der Waals surface area contributed by atoms with Gasteiger partial charge in [0.05, 0.1) is 4.90 Å². The van der Waals surface area contributed by atoms with Crippen molar-refractivity contribution in [2.24, 2.45) is 23.2 Å². The lowest BCUT2D eigenvalue weighted by Gasteiger charge is -2.63. The van der Waals surface area contributed by atoms with Gasteiger partial charge in [0, 0.05) is 19.0 Å². The summed E-state index contributed by atoms with van der Waals surface area (Å²) >= 11 is 0. The van der Waals surface area contributed by atoms with Crippen molar-refractivity contribution in [3.05, 3.63) is 42.0 Å². The van der Waals surface area contributed by atoms with Crippen LogP contribution in [0.3, 0.4) is 0 Å². The number of aryl methyl sites for hydroxylation is 1. The molecule has 3 fully saturated rings. The molecule has 3 aliphatic carbocycles. The van der Waals surface area contributed by atoms with Crippen molar-refractivity contribution in [1.82, 2.24) is 4.31 Å². The maximum atomic E-state index is 13.5. The van der Waals surface area contributed by atoms with E-state index in [0.29, 0.717) is 29.7 Å². The predicted molar refractivity (Wildman–Crippen MR) is 123 cm³/mol. The van der Waals surface area contributed by atoms with Crippen molar-refractivity contribution in [2.45, 2.75) is 77.2 Å². The van der Waals surface area contributed by atoms with E-state index < -0.39 is 16.0 Å². The number of nitrogens with zero attached hydrogens (tertiary/aromatic N) is 1. The van der Waals surface area contributed by atoms with Crippen LogP contribution in [0.15, 0.2) is 41.3 Å². The molecule has 2 bridgehead atoms. The highest BCUT2D eigenvalue weighted by Crippen LogP contribution is 2.63. The number of aliphatic carboxylic acids is 1. The number of fused-ring (bicyclic) bond motifs is 2. The number of allylic oxidation sites excluding steroid dienone is 2. The maximum Gasteiger partial charge on any atom is 0.303 e. The Hall–Kier alpha value is -1.66. The van der Waals surface area contributed by atoms with Gasteiger partial charge in [-0.15, -0.1) is 0 Å². The first-order valence-corrected chi connectivity index (χ1v) is 13.0.